The Morgan fingerprint density at radius 2 is 1.94 bits per heavy atom. The Kier molecular flexibility index (Phi) is 7.35. The van der Waals surface area contributed by atoms with Gasteiger partial charge < -0.3 is 14.2 Å². The molecule has 4 rings (SSSR count). The first-order valence-corrected chi connectivity index (χ1v) is 11.4. The number of ether oxygens (including phenoxy) is 3. The van der Waals surface area contributed by atoms with Crippen molar-refractivity contribution in [2.24, 2.45) is 0 Å². The van der Waals surface area contributed by atoms with Gasteiger partial charge in [0.1, 0.15) is 17.0 Å². The Morgan fingerprint density at radius 1 is 1.13 bits per heavy atom. The number of para-hydroxylation sites is 2. The van der Waals surface area contributed by atoms with Crippen molar-refractivity contribution < 1.29 is 19.0 Å². The van der Waals surface area contributed by atoms with Crippen LogP contribution in [0.2, 0.25) is 0 Å². The number of hydrogen-bond acceptors (Lipinski definition) is 7. The van der Waals surface area contributed by atoms with Gasteiger partial charge in [-0.1, -0.05) is 35.6 Å². The number of carbonyl (C=O) groups is 1. The molecule has 0 atom stereocenters. The molecule has 3 aromatic rings. The first-order chi connectivity index (χ1) is 15.2. The molecule has 0 N–H and O–H groups in total. The van der Waals surface area contributed by atoms with Crippen LogP contribution in [0.1, 0.15) is 6.92 Å². The van der Waals surface area contributed by atoms with Crippen LogP contribution in [0.25, 0.3) is 10.2 Å². The van der Waals surface area contributed by atoms with E-state index in [4.69, 9.17) is 19.2 Å². The minimum absolute atomic E-state index is 0.0403. The van der Waals surface area contributed by atoms with Gasteiger partial charge in [-0.05, 0) is 31.2 Å². The van der Waals surface area contributed by atoms with Gasteiger partial charge in [0.05, 0.1) is 24.5 Å². The summed E-state index contributed by atoms with van der Waals surface area (Å²) in [7, 11) is 0. The molecular formula is C23H27N3O4S. The van der Waals surface area contributed by atoms with E-state index in [1.165, 1.54) is 11.3 Å². The van der Waals surface area contributed by atoms with Gasteiger partial charge in [0.2, 0.25) is 0 Å². The third-order valence-electron chi connectivity index (χ3n) is 5.05. The van der Waals surface area contributed by atoms with Crippen LogP contribution in [0.3, 0.4) is 0 Å². The first-order valence-electron chi connectivity index (χ1n) is 10.6. The van der Waals surface area contributed by atoms with E-state index in [0.717, 1.165) is 48.8 Å². The van der Waals surface area contributed by atoms with E-state index in [1.807, 2.05) is 55.5 Å². The molecule has 1 fully saturated rings. The predicted molar refractivity (Wildman–Crippen MR) is 122 cm³/mol. The smallest absolute Gasteiger partial charge is 0.266 e. The van der Waals surface area contributed by atoms with Crippen LogP contribution in [-0.4, -0.2) is 68.4 Å². The Balaban J connectivity index is 1.54. The normalized spacial score (nSPS) is 14.5. The third kappa shape index (κ3) is 5.52. The third-order valence-corrected chi connectivity index (χ3v) is 6.10. The summed E-state index contributed by atoms with van der Waals surface area (Å²) >= 11 is 1.50. The molecule has 1 aromatic heterocycles. The van der Waals surface area contributed by atoms with Gasteiger partial charge in [0.25, 0.3) is 5.91 Å². The second-order valence-electron chi connectivity index (χ2n) is 7.13. The lowest BCUT2D eigenvalue weighted by Gasteiger charge is -2.29. The number of aromatic nitrogens is 1. The summed E-state index contributed by atoms with van der Waals surface area (Å²) in [5, 5.41) is 0.664. The van der Waals surface area contributed by atoms with E-state index in [-0.39, 0.29) is 12.5 Å². The molecule has 0 spiro atoms. The minimum atomic E-state index is -0.117. The van der Waals surface area contributed by atoms with Crippen molar-refractivity contribution in [3.05, 3.63) is 48.5 Å². The van der Waals surface area contributed by atoms with Gasteiger partial charge in [-0.25, -0.2) is 4.98 Å². The number of amides is 1. The average molecular weight is 442 g/mol. The molecule has 2 aromatic carbocycles. The van der Waals surface area contributed by atoms with Crippen molar-refractivity contribution in [2.45, 2.75) is 6.92 Å². The first kappa shape index (κ1) is 21.5. The number of anilines is 1. The average Bonchev–Trinajstić information content (AvgIpc) is 3.24. The summed E-state index contributed by atoms with van der Waals surface area (Å²) in [4.78, 5) is 22.0. The van der Waals surface area contributed by atoms with Crippen LogP contribution in [0.15, 0.2) is 48.5 Å². The number of nitrogens with zero attached hydrogens (tertiary/aromatic N) is 3. The van der Waals surface area contributed by atoms with Crippen LogP contribution in [0.5, 0.6) is 11.5 Å². The predicted octanol–water partition coefficient (Wildman–Crippen LogP) is 3.44. The van der Waals surface area contributed by atoms with Crippen molar-refractivity contribution >= 4 is 32.6 Å². The van der Waals surface area contributed by atoms with Crippen molar-refractivity contribution in [1.82, 2.24) is 9.88 Å². The van der Waals surface area contributed by atoms with Gasteiger partial charge in [-0.15, -0.1) is 0 Å². The maximum atomic E-state index is 13.2. The second-order valence-corrected chi connectivity index (χ2v) is 8.14. The molecule has 2 heterocycles. The van der Waals surface area contributed by atoms with Gasteiger partial charge in [-0.2, -0.15) is 0 Å². The summed E-state index contributed by atoms with van der Waals surface area (Å²) < 4.78 is 17.9. The van der Waals surface area contributed by atoms with E-state index < -0.39 is 0 Å². The van der Waals surface area contributed by atoms with Gasteiger partial charge in [-0.3, -0.25) is 14.6 Å². The Morgan fingerprint density at radius 3 is 2.71 bits per heavy atom. The fourth-order valence-electron chi connectivity index (χ4n) is 3.43. The molecule has 0 saturated carbocycles. The number of rotatable bonds is 9. The molecule has 1 saturated heterocycles. The van der Waals surface area contributed by atoms with Crippen LogP contribution in [-0.2, 0) is 9.53 Å². The van der Waals surface area contributed by atoms with Crippen LogP contribution >= 0.6 is 11.3 Å². The maximum absolute atomic E-state index is 13.2. The molecule has 31 heavy (non-hydrogen) atoms. The topological polar surface area (TPSA) is 64.1 Å². The van der Waals surface area contributed by atoms with Crippen molar-refractivity contribution in [2.75, 3.05) is 57.5 Å². The highest BCUT2D eigenvalue weighted by Crippen LogP contribution is 2.34. The number of fused-ring (bicyclic) bond motifs is 1. The summed E-state index contributed by atoms with van der Waals surface area (Å²) in [5.74, 6) is 1.30. The summed E-state index contributed by atoms with van der Waals surface area (Å²) in [5.41, 5.74) is 0.789. The summed E-state index contributed by atoms with van der Waals surface area (Å²) in [6.45, 7) is 6.97. The van der Waals surface area contributed by atoms with Gasteiger partial charge in [0, 0.05) is 26.2 Å². The van der Waals surface area contributed by atoms with E-state index >= 15 is 0 Å². The van der Waals surface area contributed by atoms with E-state index in [9.17, 15) is 4.79 Å². The lowest BCUT2D eigenvalue weighted by atomic mass is 10.3. The zero-order chi connectivity index (χ0) is 21.5. The zero-order valence-electron chi connectivity index (χ0n) is 17.7. The molecule has 0 aliphatic carbocycles. The summed E-state index contributed by atoms with van der Waals surface area (Å²) in [6.07, 6.45) is 0. The highest BCUT2D eigenvalue weighted by molar-refractivity contribution is 7.22. The largest absolute Gasteiger partial charge is 0.492 e. The standard InChI is InChI=1S/C23H27N3O4S/c1-2-29-19-9-6-10-20-22(19)24-23(31-20)26(12-11-25-13-15-28-16-14-25)21(27)17-30-18-7-4-3-5-8-18/h3-10H,2,11-17H2,1H3. The fourth-order valence-corrected chi connectivity index (χ4v) is 4.46. The van der Waals surface area contributed by atoms with Crippen LogP contribution < -0.4 is 14.4 Å². The zero-order valence-corrected chi connectivity index (χ0v) is 18.5. The molecule has 0 unspecified atom stereocenters. The molecule has 0 bridgehead atoms. The minimum Gasteiger partial charge on any atom is -0.492 e. The quantitative estimate of drug-likeness (QED) is 0.507. The molecule has 8 heteroatoms. The Hall–Kier alpha value is -2.68. The molecule has 7 nitrogen and oxygen atoms in total. The Bertz CT molecular complexity index is 989. The highest BCUT2D eigenvalue weighted by atomic mass is 32.1. The molecular weight excluding hydrogens is 414 g/mol. The number of carbonyl (C=O) groups excluding carboxylic acids is 1. The van der Waals surface area contributed by atoms with Crippen LogP contribution in [0, 0.1) is 0 Å². The molecule has 164 valence electrons. The second kappa shape index (κ2) is 10.6. The number of thiazole rings is 1. The number of morpholine rings is 1. The van der Waals surface area contributed by atoms with E-state index in [1.54, 1.807) is 4.90 Å². The van der Waals surface area contributed by atoms with E-state index in [2.05, 4.69) is 4.90 Å². The van der Waals surface area contributed by atoms with Crippen molar-refractivity contribution in [3.8, 4) is 11.5 Å². The molecule has 1 amide bonds. The van der Waals surface area contributed by atoms with Crippen molar-refractivity contribution in [3.63, 3.8) is 0 Å². The monoisotopic (exact) mass is 441 g/mol. The van der Waals surface area contributed by atoms with Gasteiger partial charge in [0.15, 0.2) is 11.7 Å². The number of hydrogen-bond donors (Lipinski definition) is 0. The molecule has 1 aliphatic heterocycles. The maximum Gasteiger partial charge on any atom is 0.266 e. The van der Waals surface area contributed by atoms with E-state index in [0.29, 0.717) is 24.0 Å². The number of benzene rings is 2. The van der Waals surface area contributed by atoms with Crippen LogP contribution in [0.4, 0.5) is 5.13 Å². The lowest BCUT2D eigenvalue weighted by molar-refractivity contribution is -0.120. The highest BCUT2D eigenvalue weighted by Gasteiger charge is 2.23. The molecule has 0 radical (unpaired) electrons. The van der Waals surface area contributed by atoms with Gasteiger partial charge >= 0.3 is 0 Å². The molecule has 1 aliphatic rings. The fraction of sp³-hybridized carbons (Fsp3) is 0.391. The Labute approximate surface area is 186 Å². The SMILES string of the molecule is CCOc1cccc2sc(N(CCN3CCOCC3)C(=O)COc3ccccc3)nc12. The summed E-state index contributed by atoms with van der Waals surface area (Å²) in [6, 6.07) is 15.2. The lowest BCUT2D eigenvalue weighted by Crippen LogP contribution is -2.44. The van der Waals surface area contributed by atoms with Crippen molar-refractivity contribution in [1.29, 1.82) is 0 Å².